The number of anilines is 2. The van der Waals surface area contributed by atoms with Gasteiger partial charge >= 0.3 is 0 Å². The normalized spacial score (nSPS) is 19.5. The molecule has 2 aliphatic heterocycles. The van der Waals surface area contributed by atoms with E-state index in [0.29, 0.717) is 22.9 Å². The monoisotopic (exact) mass is 346 g/mol. The summed E-state index contributed by atoms with van der Waals surface area (Å²) in [7, 11) is 0. The van der Waals surface area contributed by atoms with E-state index >= 15 is 0 Å². The van der Waals surface area contributed by atoms with Gasteiger partial charge in [-0.05, 0) is 17.7 Å². The van der Waals surface area contributed by atoms with Crippen LogP contribution in [0.5, 0.6) is 11.5 Å². The first kappa shape index (κ1) is 15.2. The van der Waals surface area contributed by atoms with Crippen molar-refractivity contribution in [1.82, 2.24) is 5.01 Å². The summed E-state index contributed by atoms with van der Waals surface area (Å²) >= 11 is 0. The highest BCUT2D eigenvalue weighted by molar-refractivity contribution is 5.69. The summed E-state index contributed by atoms with van der Waals surface area (Å²) in [6.45, 7) is 0. The van der Waals surface area contributed by atoms with Crippen molar-refractivity contribution in [2.24, 2.45) is 5.84 Å². The van der Waals surface area contributed by atoms with E-state index < -0.39 is 11.8 Å². The van der Waals surface area contributed by atoms with Gasteiger partial charge in [-0.25, -0.2) is 0 Å². The van der Waals surface area contributed by atoms with Crippen LogP contribution in [0.25, 0.3) is 0 Å². The summed E-state index contributed by atoms with van der Waals surface area (Å²) in [5, 5.41) is 12.3. The second kappa shape index (κ2) is 4.98. The highest BCUT2D eigenvalue weighted by Gasteiger charge is 2.55. The molecule has 2 heterocycles. The average molecular weight is 346 g/mol. The van der Waals surface area contributed by atoms with Gasteiger partial charge in [-0.1, -0.05) is 36.4 Å². The number of benzene rings is 3. The number of aliphatic hydroxyl groups excluding tert-OH is 1. The molecule has 1 unspecified atom stereocenters. The van der Waals surface area contributed by atoms with Crippen LogP contribution in [0.4, 0.5) is 11.4 Å². The third-order valence-electron chi connectivity index (χ3n) is 5.29. The fourth-order valence-electron chi connectivity index (χ4n) is 4.20. The maximum atomic E-state index is 10.8. The highest BCUT2D eigenvalue weighted by Crippen LogP contribution is 2.58. The van der Waals surface area contributed by atoms with Gasteiger partial charge in [0, 0.05) is 40.2 Å². The second-order valence-electron chi connectivity index (χ2n) is 6.69. The zero-order valence-corrected chi connectivity index (χ0v) is 13.9. The number of hydrogen-bond acceptors (Lipinski definition) is 6. The Labute approximate surface area is 150 Å². The van der Waals surface area contributed by atoms with Gasteiger partial charge in [0.1, 0.15) is 23.3 Å². The van der Waals surface area contributed by atoms with Crippen molar-refractivity contribution in [3.8, 4) is 11.5 Å². The molecule has 3 aromatic carbocycles. The van der Waals surface area contributed by atoms with Crippen LogP contribution < -0.4 is 22.0 Å². The van der Waals surface area contributed by atoms with Crippen molar-refractivity contribution in [2.45, 2.75) is 11.8 Å². The van der Waals surface area contributed by atoms with E-state index in [1.165, 1.54) is 5.01 Å². The molecule has 0 radical (unpaired) electrons. The Morgan fingerprint density at radius 3 is 2.04 bits per heavy atom. The van der Waals surface area contributed by atoms with Crippen molar-refractivity contribution in [3.05, 3.63) is 82.9 Å². The largest absolute Gasteiger partial charge is 0.456 e. The van der Waals surface area contributed by atoms with E-state index in [2.05, 4.69) is 0 Å². The minimum atomic E-state index is -0.944. The van der Waals surface area contributed by atoms with Gasteiger partial charge < -0.3 is 21.3 Å². The summed E-state index contributed by atoms with van der Waals surface area (Å²) in [5.41, 5.74) is 15.6. The summed E-state index contributed by atoms with van der Waals surface area (Å²) < 4.78 is 6.10. The Bertz CT molecular complexity index is 998. The number of hydrogen-bond donors (Lipinski definition) is 4. The first-order valence-corrected chi connectivity index (χ1v) is 8.33. The summed E-state index contributed by atoms with van der Waals surface area (Å²) in [6, 6.07) is 18.7. The van der Waals surface area contributed by atoms with E-state index in [1.807, 2.05) is 48.5 Å². The fourth-order valence-corrected chi connectivity index (χ4v) is 4.20. The lowest BCUT2D eigenvalue weighted by molar-refractivity contribution is -0.0275. The van der Waals surface area contributed by atoms with Crippen LogP contribution in [-0.4, -0.2) is 10.1 Å². The topological polar surface area (TPSA) is 111 Å². The smallest absolute Gasteiger partial charge is 0.147 e. The Morgan fingerprint density at radius 2 is 1.42 bits per heavy atom. The third-order valence-corrected chi connectivity index (χ3v) is 5.29. The predicted octanol–water partition coefficient (Wildman–Crippen LogP) is 2.43. The quantitative estimate of drug-likeness (QED) is 0.367. The summed E-state index contributed by atoms with van der Waals surface area (Å²) in [4.78, 5) is 0. The Hall–Kier alpha value is -3.06. The number of nitrogens with zero attached hydrogens (tertiary/aromatic N) is 1. The molecule has 3 aromatic rings. The van der Waals surface area contributed by atoms with Gasteiger partial charge in [0.05, 0.1) is 0 Å². The van der Waals surface area contributed by atoms with Crippen molar-refractivity contribution in [1.29, 1.82) is 0 Å². The predicted molar refractivity (Wildman–Crippen MR) is 99.1 cm³/mol. The number of nitrogen functional groups attached to an aromatic ring is 2. The van der Waals surface area contributed by atoms with Crippen molar-refractivity contribution in [3.63, 3.8) is 0 Å². The molecule has 6 heteroatoms. The molecule has 26 heavy (non-hydrogen) atoms. The number of nitrogens with two attached hydrogens (primary N) is 3. The average Bonchev–Trinajstić information content (AvgIpc) is 2.85. The number of rotatable bonds is 0. The number of aliphatic hydroxyl groups is 1. The summed E-state index contributed by atoms with van der Waals surface area (Å²) in [6.07, 6.45) is -0.944. The van der Waals surface area contributed by atoms with E-state index in [4.69, 9.17) is 22.0 Å². The van der Waals surface area contributed by atoms with Crippen LogP contribution in [0.2, 0.25) is 0 Å². The molecule has 7 N–H and O–H groups in total. The molecule has 0 aliphatic carbocycles. The van der Waals surface area contributed by atoms with Crippen LogP contribution >= 0.6 is 0 Å². The van der Waals surface area contributed by atoms with Gasteiger partial charge in [-0.15, -0.1) is 0 Å². The van der Waals surface area contributed by atoms with Gasteiger partial charge in [0.15, 0.2) is 0 Å². The van der Waals surface area contributed by atoms with Crippen LogP contribution in [0.15, 0.2) is 60.7 Å². The number of ether oxygens (including phenoxy) is 1. The standard InChI is InChI=1S/C20H18N4O2/c21-11-5-7-15-17(9-11)26-18-10-12(22)6-8-16(18)20(15)14-4-2-1-3-13(14)19(25)24(20)23/h1-10,19,25H,21-23H2. The molecule has 5 rings (SSSR count). The number of hydrazine groups is 1. The lowest BCUT2D eigenvalue weighted by Gasteiger charge is -2.42. The van der Waals surface area contributed by atoms with Crippen molar-refractivity contribution in [2.75, 3.05) is 11.5 Å². The van der Waals surface area contributed by atoms with E-state index in [0.717, 1.165) is 22.3 Å². The molecule has 130 valence electrons. The zero-order valence-electron chi connectivity index (χ0n) is 13.9. The second-order valence-corrected chi connectivity index (χ2v) is 6.69. The summed E-state index contributed by atoms with van der Waals surface area (Å²) in [5.74, 6) is 7.71. The van der Waals surface area contributed by atoms with Gasteiger partial charge in [0.25, 0.3) is 0 Å². The zero-order chi connectivity index (χ0) is 18.1. The third kappa shape index (κ3) is 1.70. The minimum absolute atomic E-state index is 0.585. The van der Waals surface area contributed by atoms with Gasteiger partial charge in [-0.3, -0.25) is 5.84 Å². The SMILES string of the molecule is Nc1ccc2c(c1)Oc1cc(N)ccc1C21c2ccccc2C(O)N1N. The molecular formula is C20H18N4O2. The Kier molecular flexibility index (Phi) is 2.92. The maximum absolute atomic E-state index is 10.8. The van der Waals surface area contributed by atoms with Crippen LogP contribution in [-0.2, 0) is 5.54 Å². The van der Waals surface area contributed by atoms with E-state index in [-0.39, 0.29) is 0 Å². The number of fused-ring (bicyclic) bond motifs is 6. The van der Waals surface area contributed by atoms with Gasteiger partial charge in [0.2, 0.25) is 0 Å². The highest BCUT2D eigenvalue weighted by atomic mass is 16.5. The van der Waals surface area contributed by atoms with E-state index in [1.54, 1.807) is 12.1 Å². The molecule has 0 amide bonds. The van der Waals surface area contributed by atoms with Crippen molar-refractivity contribution < 1.29 is 9.84 Å². The lowest BCUT2D eigenvalue weighted by Crippen LogP contribution is -2.50. The molecule has 6 nitrogen and oxygen atoms in total. The molecule has 0 saturated carbocycles. The maximum Gasteiger partial charge on any atom is 0.147 e. The molecule has 2 aliphatic rings. The minimum Gasteiger partial charge on any atom is -0.456 e. The molecule has 0 bridgehead atoms. The van der Waals surface area contributed by atoms with Crippen LogP contribution in [0, 0.1) is 0 Å². The van der Waals surface area contributed by atoms with E-state index in [9.17, 15) is 5.11 Å². The molecule has 0 aromatic heterocycles. The van der Waals surface area contributed by atoms with Crippen molar-refractivity contribution >= 4 is 11.4 Å². The Balaban J connectivity index is 1.93. The molecule has 0 saturated heterocycles. The molecule has 0 fully saturated rings. The first-order chi connectivity index (χ1) is 12.5. The Morgan fingerprint density at radius 1 is 0.846 bits per heavy atom. The first-order valence-electron chi connectivity index (χ1n) is 8.33. The molecule has 1 spiro atoms. The molecular weight excluding hydrogens is 328 g/mol. The van der Waals surface area contributed by atoms with Gasteiger partial charge in [-0.2, -0.15) is 5.01 Å². The lowest BCUT2D eigenvalue weighted by atomic mass is 9.75. The molecule has 1 atom stereocenters. The van der Waals surface area contributed by atoms with Crippen LogP contribution in [0.1, 0.15) is 28.5 Å². The van der Waals surface area contributed by atoms with Crippen LogP contribution in [0.3, 0.4) is 0 Å². The fraction of sp³-hybridized carbons (Fsp3) is 0.100.